The summed E-state index contributed by atoms with van der Waals surface area (Å²) in [4.78, 5) is 23.0. The molecule has 0 saturated heterocycles. The molecule has 0 spiro atoms. The van der Waals surface area contributed by atoms with Crippen molar-refractivity contribution >= 4 is 11.8 Å². The zero-order valence-electron chi connectivity index (χ0n) is 14.7. The summed E-state index contributed by atoms with van der Waals surface area (Å²) in [7, 11) is 0. The van der Waals surface area contributed by atoms with E-state index in [2.05, 4.69) is 25.7 Å². The lowest BCUT2D eigenvalue weighted by Crippen LogP contribution is -2.27. The summed E-state index contributed by atoms with van der Waals surface area (Å²) < 4.78 is 5.01. The maximum atomic E-state index is 12.1. The van der Waals surface area contributed by atoms with Crippen LogP contribution in [-0.2, 0) is 10.2 Å². The van der Waals surface area contributed by atoms with Crippen molar-refractivity contribution < 1.29 is 14.3 Å². The second-order valence-electron chi connectivity index (χ2n) is 6.94. The predicted octanol–water partition coefficient (Wildman–Crippen LogP) is 4.27. The Hall–Kier alpha value is -2.86. The van der Waals surface area contributed by atoms with Crippen molar-refractivity contribution in [2.45, 2.75) is 39.0 Å². The van der Waals surface area contributed by atoms with Crippen LogP contribution in [0, 0.1) is 11.8 Å². The average molecular weight is 332 g/mol. The molecular weight excluding hydrogens is 312 g/mol. The molecule has 0 fully saturated rings. The summed E-state index contributed by atoms with van der Waals surface area (Å²) in [5.74, 6) is 6.65. The molecule has 0 aromatic heterocycles. The van der Waals surface area contributed by atoms with E-state index in [0.29, 0.717) is 12.2 Å². The molecule has 3 rings (SSSR count). The summed E-state index contributed by atoms with van der Waals surface area (Å²) in [6.45, 7) is 5.71. The highest BCUT2D eigenvalue weighted by Crippen LogP contribution is 2.37. The van der Waals surface area contributed by atoms with Crippen LogP contribution in [0.1, 0.15) is 60.7 Å². The van der Waals surface area contributed by atoms with E-state index in [4.69, 9.17) is 4.74 Å². The third kappa shape index (κ3) is 3.80. The summed E-state index contributed by atoms with van der Waals surface area (Å²) in [5.41, 5.74) is 3.63. The van der Waals surface area contributed by atoms with Gasteiger partial charge in [0, 0.05) is 30.0 Å². The topological polar surface area (TPSA) is 43.4 Å². The number of carbonyl (C=O) groups is 2. The minimum Gasteiger partial charge on any atom is -0.427 e. The third-order valence-corrected chi connectivity index (χ3v) is 4.49. The number of carbonyl (C=O) groups excluding carboxylic acids is 2. The van der Waals surface area contributed by atoms with Gasteiger partial charge in [0.05, 0.1) is 0 Å². The molecule has 0 saturated carbocycles. The van der Waals surface area contributed by atoms with Crippen LogP contribution < -0.4 is 4.74 Å². The number of hydrogen-bond acceptors (Lipinski definition) is 3. The van der Waals surface area contributed by atoms with Crippen LogP contribution in [0.4, 0.5) is 0 Å². The summed E-state index contributed by atoms with van der Waals surface area (Å²) in [6.07, 6.45) is 1.48. The van der Waals surface area contributed by atoms with Crippen LogP contribution in [0.5, 0.6) is 5.75 Å². The van der Waals surface area contributed by atoms with E-state index in [0.717, 1.165) is 28.7 Å². The van der Waals surface area contributed by atoms with E-state index in [1.165, 1.54) is 6.92 Å². The van der Waals surface area contributed by atoms with Crippen LogP contribution in [0.25, 0.3) is 0 Å². The Labute approximate surface area is 148 Å². The number of benzene rings is 2. The number of esters is 1. The van der Waals surface area contributed by atoms with Gasteiger partial charge in [0.1, 0.15) is 5.75 Å². The molecule has 2 aromatic rings. The third-order valence-electron chi connectivity index (χ3n) is 4.49. The lowest BCUT2D eigenvalue weighted by Gasteiger charge is -2.31. The Morgan fingerprint density at radius 3 is 2.36 bits per heavy atom. The van der Waals surface area contributed by atoms with E-state index >= 15 is 0 Å². The molecule has 126 valence electrons. The molecular formula is C22H20O3. The number of Topliss-reactive ketones (excluding diaryl/α,β-unsaturated/α-hetero) is 1. The molecule has 0 radical (unpaired) electrons. The highest BCUT2D eigenvalue weighted by molar-refractivity contribution is 5.99. The van der Waals surface area contributed by atoms with Gasteiger partial charge < -0.3 is 4.74 Å². The monoisotopic (exact) mass is 332 g/mol. The fourth-order valence-electron chi connectivity index (χ4n) is 3.04. The second kappa shape index (κ2) is 6.57. The molecule has 1 aliphatic carbocycles. The van der Waals surface area contributed by atoms with Crippen molar-refractivity contribution in [3.63, 3.8) is 0 Å². The van der Waals surface area contributed by atoms with Gasteiger partial charge in [-0.05, 0) is 59.9 Å². The smallest absolute Gasteiger partial charge is 0.308 e. The molecule has 1 aliphatic rings. The normalized spacial score (nSPS) is 14.9. The lowest BCUT2D eigenvalue weighted by atomic mass is 9.72. The number of ether oxygens (including phenoxy) is 1. The zero-order valence-corrected chi connectivity index (χ0v) is 14.7. The van der Waals surface area contributed by atoms with E-state index in [-0.39, 0.29) is 17.2 Å². The molecule has 25 heavy (non-hydrogen) atoms. The van der Waals surface area contributed by atoms with Gasteiger partial charge in [0.2, 0.25) is 0 Å². The first-order valence-corrected chi connectivity index (χ1v) is 8.33. The fourth-order valence-corrected chi connectivity index (χ4v) is 3.04. The van der Waals surface area contributed by atoms with Crippen molar-refractivity contribution in [3.8, 4) is 17.6 Å². The van der Waals surface area contributed by atoms with Gasteiger partial charge in [-0.2, -0.15) is 0 Å². The summed E-state index contributed by atoms with van der Waals surface area (Å²) in [5, 5.41) is 0. The first-order chi connectivity index (χ1) is 11.8. The molecule has 0 aliphatic heterocycles. The first-order valence-electron chi connectivity index (χ1n) is 8.33. The maximum absolute atomic E-state index is 12.1. The van der Waals surface area contributed by atoms with Gasteiger partial charge in [-0.3, -0.25) is 9.59 Å². The number of fused-ring (bicyclic) bond motifs is 1. The van der Waals surface area contributed by atoms with Gasteiger partial charge in [0.25, 0.3) is 0 Å². The Morgan fingerprint density at radius 1 is 1.04 bits per heavy atom. The highest BCUT2D eigenvalue weighted by Gasteiger charge is 2.31. The Balaban J connectivity index is 1.86. The molecule has 3 heteroatoms. The van der Waals surface area contributed by atoms with E-state index < -0.39 is 0 Å². The molecule has 0 N–H and O–H groups in total. The number of ketones is 1. The minimum absolute atomic E-state index is 0.00733. The number of hydrogen-bond donors (Lipinski definition) is 0. The second-order valence-corrected chi connectivity index (χ2v) is 6.94. The molecule has 0 heterocycles. The lowest BCUT2D eigenvalue weighted by molar-refractivity contribution is -0.131. The summed E-state index contributed by atoms with van der Waals surface area (Å²) >= 11 is 0. The van der Waals surface area contributed by atoms with Gasteiger partial charge in [-0.15, -0.1) is 0 Å². The van der Waals surface area contributed by atoms with E-state index in [1.54, 1.807) is 12.1 Å². The van der Waals surface area contributed by atoms with Crippen LogP contribution in [0.15, 0.2) is 42.5 Å². The van der Waals surface area contributed by atoms with Crippen molar-refractivity contribution in [1.29, 1.82) is 0 Å². The Morgan fingerprint density at radius 2 is 1.68 bits per heavy atom. The summed E-state index contributed by atoms with van der Waals surface area (Å²) in [6, 6.07) is 12.9. The van der Waals surface area contributed by atoms with Gasteiger partial charge in [-0.1, -0.05) is 25.7 Å². The van der Waals surface area contributed by atoms with Crippen LogP contribution in [-0.4, -0.2) is 11.8 Å². The standard InChI is InChI=1S/C22H20O3/c1-15(23)25-18-9-6-16(7-10-18)4-5-17-8-11-19-20(14-17)22(2,3)13-12-21(19)24/h6-11,14H,12-13H2,1-3H3. The van der Waals surface area contributed by atoms with E-state index in [9.17, 15) is 9.59 Å². The van der Waals surface area contributed by atoms with Crippen LogP contribution in [0.3, 0.4) is 0 Å². The molecule has 0 bridgehead atoms. The molecule has 0 amide bonds. The average Bonchev–Trinajstić information content (AvgIpc) is 2.57. The first kappa shape index (κ1) is 17.0. The SMILES string of the molecule is CC(=O)Oc1ccc(C#Cc2ccc3c(c2)C(C)(C)CCC3=O)cc1. The maximum Gasteiger partial charge on any atom is 0.308 e. The van der Waals surface area contributed by atoms with Crippen LogP contribution in [0.2, 0.25) is 0 Å². The van der Waals surface area contributed by atoms with Gasteiger partial charge >= 0.3 is 5.97 Å². The molecule has 0 unspecified atom stereocenters. The highest BCUT2D eigenvalue weighted by atomic mass is 16.5. The van der Waals surface area contributed by atoms with Crippen molar-refractivity contribution in [1.82, 2.24) is 0 Å². The van der Waals surface area contributed by atoms with Crippen molar-refractivity contribution in [3.05, 3.63) is 64.7 Å². The van der Waals surface area contributed by atoms with Crippen LogP contribution >= 0.6 is 0 Å². The van der Waals surface area contributed by atoms with Gasteiger partial charge in [0.15, 0.2) is 5.78 Å². The van der Waals surface area contributed by atoms with Crippen molar-refractivity contribution in [2.75, 3.05) is 0 Å². The number of rotatable bonds is 1. The van der Waals surface area contributed by atoms with Crippen molar-refractivity contribution in [2.24, 2.45) is 0 Å². The molecule has 0 atom stereocenters. The fraction of sp³-hybridized carbons (Fsp3) is 0.273. The Kier molecular flexibility index (Phi) is 4.46. The molecule has 3 nitrogen and oxygen atoms in total. The molecule has 2 aromatic carbocycles. The quantitative estimate of drug-likeness (QED) is 0.445. The Bertz CT molecular complexity index is 893. The minimum atomic E-state index is -0.343. The predicted molar refractivity (Wildman–Crippen MR) is 96.8 cm³/mol. The van der Waals surface area contributed by atoms with E-state index in [1.807, 2.05) is 30.3 Å². The largest absolute Gasteiger partial charge is 0.427 e. The van der Waals surface area contributed by atoms with Gasteiger partial charge in [-0.25, -0.2) is 0 Å². The zero-order chi connectivity index (χ0) is 18.0.